The highest BCUT2D eigenvalue weighted by atomic mass is 79.9. The summed E-state index contributed by atoms with van der Waals surface area (Å²) in [7, 11) is 0. The normalized spacial score (nSPS) is 10.9. The highest BCUT2D eigenvalue weighted by Crippen LogP contribution is 2.39. The number of hydrogen-bond donors (Lipinski definition) is 0. The van der Waals surface area contributed by atoms with E-state index in [1.165, 1.54) is 0 Å². The van der Waals surface area contributed by atoms with Crippen LogP contribution in [0.15, 0.2) is 97.1 Å². The van der Waals surface area contributed by atoms with Crippen molar-refractivity contribution in [1.82, 2.24) is 0 Å². The Hall–Kier alpha value is -2.26. The van der Waals surface area contributed by atoms with Gasteiger partial charge in [0.1, 0.15) is 23.0 Å². The average molecular weight is 936 g/mol. The summed E-state index contributed by atoms with van der Waals surface area (Å²) < 4.78 is 24.3. The largest absolute Gasteiger partial charge is 0.494 e. The Morgan fingerprint density at radius 1 is 0.300 bits per heavy atom. The van der Waals surface area contributed by atoms with Gasteiger partial charge >= 0.3 is 0 Å². The van der Waals surface area contributed by atoms with Gasteiger partial charge < -0.3 is 18.9 Å². The summed E-state index contributed by atoms with van der Waals surface area (Å²) in [6.45, 7) is 2.80. The van der Waals surface area contributed by atoms with Crippen molar-refractivity contribution in [2.24, 2.45) is 0 Å². The maximum Gasteiger partial charge on any atom is 0.119 e. The number of ether oxygens (including phenoxy) is 4. The molecule has 0 aromatic heterocycles. The predicted octanol–water partition coefficient (Wildman–Crippen LogP) is 12.9. The predicted molar refractivity (Wildman–Crippen MR) is 225 cm³/mol. The highest BCUT2D eigenvalue weighted by molar-refractivity contribution is 9.09. The van der Waals surface area contributed by atoms with Crippen LogP contribution in [0, 0.1) is 0 Å². The second kappa shape index (κ2) is 24.1. The lowest BCUT2D eigenvalue weighted by atomic mass is 9.85. The summed E-state index contributed by atoms with van der Waals surface area (Å²) in [5.74, 6) is 3.50. The van der Waals surface area contributed by atoms with Crippen LogP contribution in [-0.2, 0) is 0 Å². The molecule has 4 nitrogen and oxygen atoms in total. The number of alkyl halides is 4. The molecule has 4 aromatic rings. The molecule has 0 heterocycles. The van der Waals surface area contributed by atoms with Crippen LogP contribution in [0.1, 0.15) is 73.6 Å². The number of halogens is 4. The third-order valence-corrected chi connectivity index (χ3v) is 10.3. The molecule has 0 saturated carbocycles. The monoisotopic (exact) mass is 932 g/mol. The fraction of sp³-hybridized carbons (Fsp3) is 0.381. The molecule has 0 atom stereocenters. The molecule has 0 unspecified atom stereocenters. The van der Waals surface area contributed by atoms with Crippen LogP contribution in [0.2, 0.25) is 0 Å². The Bertz CT molecular complexity index is 1290. The topological polar surface area (TPSA) is 36.9 Å². The summed E-state index contributed by atoms with van der Waals surface area (Å²) >= 11 is 14.0. The van der Waals surface area contributed by atoms with Gasteiger partial charge in [-0.05, 0) is 133 Å². The Morgan fingerprint density at radius 3 is 0.680 bits per heavy atom. The van der Waals surface area contributed by atoms with Crippen molar-refractivity contribution in [3.05, 3.63) is 119 Å². The second-order valence-corrected chi connectivity index (χ2v) is 15.0. The molecule has 0 aliphatic heterocycles. The maximum atomic E-state index is 6.08. The number of hydrogen-bond acceptors (Lipinski definition) is 4. The molecule has 0 aliphatic rings. The molecule has 4 rings (SSSR count). The molecule has 0 radical (unpaired) electrons. The molecule has 0 aliphatic carbocycles. The van der Waals surface area contributed by atoms with Crippen molar-refractivity contribution in [3.63, 3.8) is 0 Å². The van der Waals surface area contributed by atoms with E-state index in [0.717, 1.165) is 129 Å². The third-order valence-electron chi connectivity index (χ3n) is 8.01. The van der Waals surface area contributed by atoms with Crippen LogP contribution >= 0.6 is 63.7 Å². The van der Waals surface area contributed by atoms with Gasteiger partial charge in [-0.3, -0.25) is 0 Å². The van der Waals surface area contributed by atoms with Crippen molar-refractivity contribution in [3.8, 4) is 23.0 Å². The molecule has 0 N–H and O–H groups in total. The zero-order valence-electron chi connectivity index (χ0n) is 28.7. The minimum Gasteiger partial charge on any atom is -0.494 e. The third kappa shape index (κ3) is 13.7. The second-order valence-electron chi connectivity index (χ2n) is 11.8. The van der Waals surface area contributed by atoms with Crippen LogP contribution in [-0.4, -0.2) is 47.7 Å². The van der Waals surface area contributed by atoms with E-state index < -0.39 is 0 Å². The molecule has 0 fully saturated rings. The minimum atomic E-state index is 0.699. The van der Waals surface area contributed by atoms with Gasteiger partial charge in [-0.2, -0.15) is 0 Å². The van der Waals surface area contributed by atoms with Crippen molar-refractivity contribution >= 4 is 74.9 Å². The molecule has 0 bridgehead atoms. The lowest BCUT2D eigenvalue weighted by molar-refractivity contribution is 0.310. The van der Waals surface area contributed by atoms with Crippen LogP contribution in [0.3, 0.4) is 0 Å². The zero-order chi connectivity index (χ0) is 35.2. The van der Waals surface area contributed by atoms with Crippen molar-refractivity contribution in [2.75, 3.05) is 47.7 Å². The van der Waals surface area contributed by atoms with E-state index in [-0.39, 0.29) is 0 Å². The first kappa shape index (κ1) is 40.5. The van der Waals surface area contributed by atoms with Gasteiger partial charge in [0, 0.05) is 21.3 Å². The van der Waals surface area contributed by atoms with Gasteiger partial charge in [-0.25, -0.2) is 0 Å². The van der Waals surface area contributed by atoms with E-state index in [2.05, 4.69) is 161 Å². The van der Waals surface area contributed by atoms with E-state index >= 15 is 0 Å². The standard InChI is InChI=1S/C42H48Br4O4/c43-25-1-5-29-47-37-17-9-33(10-18-37)41(34-11-19-38(20-12-34)48-30-6-2-26-44)42(35-13-21-39(22-14-35)49-31-7-3-27-45)36-15-23-40(24-16-36)50-32-8-4-28-46/h9-24H,1-8,25-32H2. The lowest BCUT2D eigenvalue weighted by Gasteiger charge is -2.19. The van der Waals surface area contributed by atoms with Gasteiger partial charge in [0.2, 0.25) is 0 Å². The molecule has 268 valence electrons. The summed E-state index contributed by atoms with van der Waals surface area (Å²) in [4.78, 5) is 0. The molecular weight excluding hydrogens is 888 g/mol. The van der Waals surface area contributed by atoms with Crippen molar-refractivity contribution < 1.29 is 18.9 Å². The SMILES string of the molecule is BrCCCCOc1ccc(C(=C(c2ccc(OCCCCBr)cc2)c2ccc(OCCCCBr)cc2)c2ccc(OCCCCBr)cc2)cc1. The number of benzene rings is 4. The molecule has 0 spiro atoms. The van der Waals surface area contributed by atoms with Crippen LogP contribution in [0.5, 0.6) is 23.0 Å². The van der Waals surface area contributed by atoms with Gasteiger partial charge in [0.15, 0.2) is 0 Å². The summed E-state index contributed by atoms with van der Waals surface area (Å²) in [6, 6.07) is 34.0. The molecular formula is C42H48Br4O4. The molecule has 0 saturated heterocycles. The Kier molecular flexibility index (Phi) is 19.5. The van der Waals surface area contributed by atoms with E-state index in [0.29, 0.717) is 26.4 Å². The highest BCUT2D eigenvalue weighted by Gasteiger charge is 2.18. The van der Waals surface area contributed by atoms with Gasteiger partial charge in [-0.1, -0.05) is 112 Å². The summed E-state index contributed by atoms with van der Waals surface area (Å²) in [5, 5.41) is 3.95. The fourth-order valence-electron chi connectivity index (χ4n) is 5.33. The number of rotatable bonds is 24. The first-order chi connectivity index (χ1) is 24.7. The Labute approximate surface area is 332 Å². The lowest BCUT2D eigenvalue weighted by Crippen LogP contribution is -2.01. The molecule has 0 amide bonds. The van der Waals surface area contributed by atoms with Crippen molar-refractivity contribution in [2.45, 2.75) is 51.4 Å². The molecule has 50 heavy (non-hydrogen) atoms. The van der Waals surface area contributed by atoms with Crippen LogP contribution in [0.4, 0.5) is 0 Å². The minimum absolute atomic E-state index is 0.699. The van der Waals surface area contributed by atoms with Crippen LogP contribution in [0.25, 0.3) is 11.1 Å². The Balaban J connectivity index is 1.78. The maximum absolute atomic E-state index is 6.08. The molecule has 8 heteroatoms. The summed E-state index contributed by atoms with van der Waals surface area (Å²) in [5.41, 5.74) is 6.65. The smallest absolute Gasteiger partial charge is 0.119 e. The van der Waals surface area contributed by atoms with E-state index in [9.17, 15) is 0 Å². The van der Waals surface area contributed by atoms with Gasteiger partial charge in [0.05, 0.1) is 26.4 Å². The quantitative estimate of drug-likeness (QED) is 0.0398. The average Bonchev–Trinajstić information content (AvgIpc) is 3.16. The number of unbranched alkanes of at least 4 members (excludes halogenated alkanes) is 4. The zero-order valence-corrected chi connectivity index (χ0v) is 35.0. The van der Waals surface area contributed by atoms with E-state index in [1.54, 1.807) is 0 Å². The Morgan fingerprint density at radius 2 is 0.500 bits per heavy atom. The van der Waals surface area contributed by atoms with Crippen LogP contribution < -0.4 is 18.9 Å². The first-order valence-corrected chi connectivity index (χ1v) is 22.1. The van der Waals surface area contributed by atoms with Gasteiger partial charge in [0.25, 0.3) is 0 Å². The van der Waals surface area contributed by atoms with Gasteiger partial charge in [-0.15, -0.1) is 0 Å². The van der Waals surface area contributed by atoms with E-state index in [4.69, 9.17) is 18.9 Å². The fourth-order valence-corrected chi connectivity index (χ4v) is 6.91. The van der Waals surface area contributed by atoms with Crippen molar-refractivity contribution in [1.29, 1.82) is 0 Å². The molecule has 4 aromatic carbocycles. The first-order valence-electron chi connectivity index (χ1n) is 17.6. The summed E-state index contributed by atoms with van der Waals surface area (Å²) in [6.07, 6.45) is 8.41. The van der Waals surface area contributed by atoms with E-state index in [1.807, 2.05) is 0 Å².